The Morgan fingerprint density at radius 1 is 1.63 bits per heavy atom. The highest BCUT2D eigenvalue weighted by Gasteiger charge is 2.28. The summed E-state index contributed by atoms with van der Waals surface area (Å²) < 4.78 is 6.96. The first-order chi connectivity index (χ1) is 9.08. The summed E-state index contributed by atoms with van der Waals surface area (Å²) in [5.74, 6) is -0.151. The van der Waals surface area contributed by atoms with Crippen molar-refractivity contribution in [2.75, 3.05) is 32.0 Å². The van der Waals surface area contributed by atoms with Crippen LogP contribution in [-0.4, -0.2) is 58.1 Å². The first-order valence-corrected chi connectivity index (χ1v) is 6.43. The molecule has 0 bridgehead atoms. The third-order valence-electron chi connectivity index (χ3n) is 3.31. The SMILES string of the molecule is CCn1nc(C)c(N)c1C(=O)N1CCOC(CO)C1. The number of carbonyl (C=O) groups excluding carboxylic acids is 1. The Kier molecular flexibility index (Phi) is 4.06. The fourth-order valence-corrected chi connectivity index (χ4v) is 2.21. The van der Waals surface area contributed by atoms with Crippen molar-refractivity contribution in [2.45, 2.75) is 26.5 Å². The van der Waals surface area contributed by atoms with Gasteiger partial charge < -0.3 is 20.5 Å². The first kappa shape index (κ1) is 13.8. The fraction of sp³-hybridized carbons (Fsp3) is 0.667. The van der Waals surface area contributed by atoms with Gasteiger partial charge in [-0.15, -0.1) is 0 Å². The fourth-order valence-electron chi connectivity index (χ4n) is 2.21. The topological polar surface area (TPSA) is 93.6 Å². The van der Waals surface area contributed by atoms with E-state index in [1.54, 1.807) is 16.5 Å². The number of amides is 1. The summed E-state index contributed by atoms with van der Waals surface area (Å²) in [5, 5.41) is 13.4. The molecule has 19 heavy (non-hydrogen) atoms. The molecule has 1 saturated heterocycles. The molecule has 0 spiro atoms. The van der Waals surface area contributed by atoms with E-state index in [1.165, 1.54) is 0 Å². The molecule has 3 N–H and O–H groups in total. The number of aryl methyl sites for hydroxylation is 2. The van der Waals surface area contributed by atoms with Gasteiger partial charge in [-0.25, -0.2) is 0 Å². The highest BCUT2D eigenvalue weighted by Crippen LogP contribution is 2.19. The molecular formula is C12H20N4O3. The second-order valence-electron chi connectivity index (χ2n) is 4.59. The van der Waals surface area contributed by atoms with Gasteiger partial charge >= 0.3 is 0 Å². The number of aromatic nitrogens is 2. The largest absolute Gasteiger partial charge is 0.395 e. The lowest BCUT2D eigenvalue weighted by molar-refractivity contribution is -0.0449. The smallest absolute Gasteiger partial charge is 0.274 e. The van der Waals surface area contributed by atoms with Crippen LogP contribution in [-0.2, 0) is 11.3 Å². The van der Waals surface area contributed by atoms with E-state index in [0.29, 0.717) is 43.3 Å². The van der Waals surface area contributed by atoms with Gasteiger partial charge in [0.15, 0.2) is 0 Å². The number of rotatable bonds is 3. The molecule has 0 aliphatic carbocycles. The van der Waals surface area contributed by atoms with E-state index in [4.69, 9.17) is 15.6 Å². The third kappa shape index (κ3) is 2.57. The van der Waals surface area contributed by atoms with Crippen molar-refractivity contribution < 1.29 is 14.6 Å². The molecule has 7 nitrogen and oxygen atoms in total. The van der Waals surface area contributed by atoms with Crippen LogP contribution in [0.4, 0.5) is 5.69 Å². The summed E-state index contributed by atoms with van der Waals surface area (Å²) >= 11 is 0. The number of morpholine rings is 1. The van der Waals surface area contributed by atoms with Crippen LogP contribution in [0.5, 0.6) is 0 Å². The first-order valence-electron chi connectivity index (χ1n) is 6.43. The average molecular weight is 268 g/mol. The van der Waals surface area contributed by atoms with Crippen molar-refractivity contribution in [2.24, 2.45) is 0 Å². The molecule has 7 heteroatoms. The maximum atomic E-state index is 12.5. The summed E-state index contributed by atoms with van der Waals surface area (Å²) in [6.07, 6.45) is -0.321. The van der Waals surface area contributed by atoms with Crippen LogP contribution in [0.15, 0.2) is 0 Å². The molecule has 1 unspecified atom stereocenters. The molecule has 1 aromatic rings. The van der Waals surface area contributed by atoms with Crippen LogP contribution in [0.3, 0.4) is 0 Å². The van der Waals surface area contributed by atoms with E-state index in [9.17, 15) is 4.79 Å². The summed E-state index contributed by atoms with van der Waals surface area (Å²) in [6.45, 7) is 5.51. The van der Waals surface area contributed by atoms with E-state index in [1.807, 2.05) is 6.92 Å². The number of aliphatic hydroxyl groups excluding tert-OH is 1. The van der Waals surface area contributed by atoms with Crippen LogP contribution in [0.2, 0.25) is 0 Å². The summed E-state index contributed by atoms with van der Waals surface area (Å²) in [6, 6.07) is 0. The maximum Gasteiger partial charge on any atom is 0.274 e. The lowest BCUT2D eigenvalue weighted by Gasteiger charge is -2.32. The molecule has 1 aliphatic rings. The molecule has 1 fully saturated rings. The maximum absolute atomic E-state index is 12.5. The van der Waals surface area contributed by atoms with E-state index in [-0.39, 0.29) is 18.6 Å². The Morgan fingerprint density at radius 2 is 2.37 bits per heavy atom. The number of hydrogen-bond donors (Lipinski definition) is 2. The standard InChI is InChI=1S/C12H20N4O3/c1-3-16-11(10(13)8(2)14-16)12(18)15-4-5-19-9(6-15)7-17/h9,17H,3-7,13H2,1-2H3. The van der Waals surface area contributed by atoms with Crippen molar-refractivity contribution in [3.05, 3.63) is 11.4 Å². The summed E-state index contributed by atoms with van der Waals surface area (Å²) in [7, 11) is 0. The molecule has 1 amide bonds. The zero-order valence-electron chi connectivity index (χ0n) is 11.3. The molecule has 0 radical (unpaired) electrons. The minimum atomic E-state index is -0.321. The highest BCUT2D eigenvalue weighted by molar-refractivity contribution is 5.98. The van der Waals surface area contributed by atoms with Crippen molar-refractivity contribution in [1.82, 2.24) is 14.7 Å². The molecule has 1 aliphatic heterocycles. The van der Waals surface area contributed by atoms with E-state index in [0.717, 1.165) is 0 Å². The van der Waals surface area contributed by atoms with Gasteiger partial charge in [-0.05, 0) is 13.8 Å². The lowest BCUT2D eigenvalue weighted by atomic mass is 10.2. The van der Waals surface area contributed by atoms with Gasteiger partial charge in [-0.1, -0.05) is 0 Å². The number of nitrogens with zero attached hydrogens (tertiary/aromatic N) is 3. The highest BCUT2D eigenvalue weighted by atomic mass is 16.5. The van der Waals surface area contributed by atoms with E-state index in [2.05, 4.69) is 5.10 Å². The monoisotopic (exact) mass is 268 g/mol. The van der Waals surface area contributed by atoms with Crippen LogP contribution >= 0.6 is 0 Å². The second kappa shape index (κ2) is 5.58. The molecule has 0 aromatic carbocycles. The molecular weight excluding hydrogens is 248 g/mol. The Balaban J connectivity index is 2.24. The Labute approximate surface area is 111 Å². The number of carbonyl (C=O) groups is 1. The molecule has 106 valence electrons. The number of aliphatic hydroxyl groups is 1. The summed E-state index contributed by atoms with van der Waals surface area (Å²) in [4.78, 5) is 14.2. The predicted octanol–water partition coefficient (Wildman–Crippen LogP) is -0.373. The zero-order valence-corrected chi connectivity index (χ0v) is 11.3. The molecule has 1 atom stereocenters. The normalized spacial score (nSPS) is 19.7. The third-order valence-corrected chi connectivity index (χ3v) is 3.31. The van der Waals surface area contributed by atoms with Gasteiger partial charge in [-0.3, -0.25) is 9.48 Å². The van der Waals surface area contributed by atoms with Gasteiger partial charge in [0.2, 0.25) is 0 Å². The average Bonchev–Trinajstić information content (AvgIpc) is 2.73. The van der Waals surface area contributed by atoms with Gasteiger partial charge in [-0.2, -0.15) is 5.10 Å². The Bertz CT molecular complexity index is 472. The Morgan fingerprint density at radius 3 is 3.00 bits per heavy atom. The van der Waals surface area contributed by atoms with Gasteiger partial charge in [0.1, 0.15) is 5.69 Å². The van der Waals surface area contributed by atoms with Crippen molar-refractivity contribution in [3.63, 3.8) is 0 Å². The number of ether oxygens (including phenoxy) is 1. The number of hydrogen-bond acceptors (Lipinski definition) is 5. The van der Waals surface area contributed by atoms with Crippen molar-refractivity contribution in [1.29, 1.82) is 0 Å². The van der Waals surface area contributed by atoms with Crippen LogP contribution in [0.1, 0.15) is 23.1 Å². The molecule has 2 heterocycles. The van der Waals surface area contributed by atoms with Gasteiger partial charge in [0.05, 0.1) is 30.7 Å². The minimum Gasteiger partial charge on any atom is -0.395 e. The van der Waals surface area contributed by atoms with Crippen LogP contribution in [0.25, 0.3) is 0 Å². The molecule has 1 aromatic heterocycles. The van der Waals surface area contributed by atoms with Crippen LogP contribution in [0, 0.1) is 6.92 Å². The van der Waals surface area contributed by atoms with Crippen molar-refractivity contribution >= 4 is 11.6 Å². The lowest BCUT2D eigenvalue weighted by Crippen LogP contribution is -2.47. The number of nitrogens with two attached hydrogens (primary N) is 1. The van der Waals surface area contributed by atoms with E-state index >= 15 is 0 Å². The molecule has 0 saturated carbocycles. The quantitative estimate of drug-likeness (QED) is 0.780. The number of nitrogen functional groups attached to an aromatic ring is 1. The molecule has 2 rings (SSSR count). The van der Waals surface area contributed by atoms with E-state index < -0.39 is 0 Å². The second-order valence-corrected chi connectivity index (χ2v) is 4.59. The number of anilines is 1. The van der Waals surface area contributed by atoms with Crippen molar-refractivity contribution in [3.8, 4) is 0 Å². The van der Waals surface area contributed by atoms with Gasteiger partial charge in [0, 0.05) is 19.6 Å². The minimum absolute atomic E-state index is 0.0919. The zero-order chi connectivity index (χ0) is 14.0. The Hall–Kier alpha value is -1.60. The summed E-state index contributed by atoms with van der Waals surface area (Å²) in [5.41, 5.74) is 7.47. The van der Waals surface area contributed by atoms with Gasteiger partial charge in [0.25, 0.3) is 5.91 Å². The predicted molar refractivity (Wildman–Crippen MR) is 69.8 cm³/mol. The van der Waals surface area contributed by atoms with Crippen LogP contribution < -0.4 is 5.73 Å².